The summed E-state index contributed by atoms with van der Waals surface area (Å²) in [6, 6.07) is 7.30. The van der Waals surface area contributed by atoms with Gasteiger partial charge in [-0.3, -0.25) is 0 Å². The third kappa shape index (κ3) is 3.05. The topological polar surface area (TPSA) is 52.0 Å². The molecule has 4 rings (SSSR count). The van der Waals surface area contributed by atoms with E-state index in [1.54, 1.807) is 7.11 Å². The van der Waals surface area contributed by atoms with E-state index in [2.05, 4.69) is 45.2 Å². The van der Waals surface area contributed by atoms with Crippen molar-refractivity contribution in [2.45, 2.75) is 56.1 Å². The second-order valence-corrected chi connectivity index (χ2v) is 7.61. The van der Waals surface area contributed by atoms with Crippen LogP contribution in [0, 0.1) is 0 Å². The van der Waals surface area contributed by atoms with Gasteiger partial charge in [-0.25, -0.2) is 9.67 Å². The number of thioether (sulfide) groups is 1. The lowest BCUT2D eigenvalue weighted by Gasteiger charge is -2.32. The molecule has 2 aromatic rings. The molecule has 0 radical (unpaired) electrons. The first-order valence-corrected chi connectivity index (χ1v) is 9.74. The average molecular weight is 344 g/mol. The van der Waals surface area contributed by atoms with Crippen molar-refractivity contribution in [2.24, 2.45) is 0 Å². The SMILES string of the molecule is CCc1nc2n(n1)CC(NC1CCSc3ccc(OC)cc31)CC2. The van der Waals surface area contributed by atoms with Crippen molar-refractivity contribution < 1.29 is 4.74 Å². The summed E-state index contributed by atoms with van der Waals surface area (Å²) in [4.78, 5) is 5.99. The van der Waals surface area contributed by atoms with Crippen molar-refractivity contribution in [3.05, 3.63) is 35.4 Å². The van der Waals surface area contributed by atoms with Crippen LogP contribution in [0.25, 0.3) is 0 Å². The fourth-order valence-corrected chi connectivity index (χ4v) is 4.71. The normalized spacial score (nSPS) is 22.8. The number of aromatic nitrogens is 3. The van der Waals surface area contributed by atoms with Crippen molar-refractivity contribution in [2.75, 3.05) is 12.9 Å². The molecule has 0 spiro atoms. The number of methoxy groups -OCH3 is 1. The third-order valence-corrected chi connectivity index (χ3v) is 6.03. The molecule has 3 heterocycles. The predicted molar refractivity (Wildman–Crippen MR) is 95.7 cm³/mol. The second-order valence-electron chi connectivity index (χ2n) is 6.48. The Bertz CT molecular complexity index is 730. The number of hydrogen-bond acceptors (Lipinski definition) is 5. The molecule has 5 nitrogen and oxygen atoms in total. The van der Waals surface area contributed by atoms with Gasteiger partial charge in [-0.1, -0.05) is 6.92 Å². The molecule has 0 fully saturated rings. The Balaban J connectivity index is 1.51. The van der Waals surface area contributed by atoms with E-state index in [4.69, 9.17) is 4.74 Å². The predicted octanol–water partition coefficient (Wildman–Crippen LogP) is 2.99. The van der Waals surface area contributed by atoms with Gasteiger partial charge in [-0.05, 0) is 42.4 Å². The average Bonchev–Trinajstić information content (AvgIpc) is 3.04. The van der Waals surface area contributed by atoms with E-state index in [-0.39, 0.29) is 0 Å². The van der Waals surface area contributed by atoms with Crippen LogP contribution in [0.1, 0.15) is 43.0 Å². The highest BCUT2D eigenvalue weighted by Gasteiger charge is 2.27. The van der Waals surface area contributed by atoms with Crippen LogP contribution >= 0.6 is 11.8 Å². The molecule has 24 heavy (non-hydrogen) atoms. The zero-order chi connectivity index (χ0) is 16.5. The van der Waals surface area contributed by atoms with Gasteiger partial charge < -0.3 is 10.1 Å². The Morgan fingerprint density at radius 1 is 1.38 bits per heavy atom. The molecule has 0 amide bonds. The van der Waals surface area contributed by atoms with Gasteiger partial charge in [0.1, 0.15) is 11.6 Å². The number of benzene rings is 1. The van der Waals surface area contributed by atoms with E-state index in [0.717, 1.165) is 55.4 Å². The van der Waals surface area contributed by atoms with Crippen molar-refractivity contribution >= 4 is 11.8 Å². The first kappa shape index (κ1) is 16.0. The number of hydrogen-bond donors (Lipinski definition) is 1. The lowest BCUT2D eigenvalue weighted by Crippen LogP contribution is -2.40. The Labute approximate surface area is 147 Å². The lowest BCUT2D eigenvalue weighted by molar-refractivity contribution is 0.320. The molecular formula is C18H24N4OS. The lowest BCUT2D eigenvalue weighted by atomic mass is 10.00. The van der Waals surface area contributed by atoms with Gasteiger partial charge in [0.25, 0.3) is 0 Å². The number of rotatable bonds is 4. The van der Waals surface area contributed by atoms with Crippen molar-refractivity contribution in [1.29, 1.82) is 0 Å². The van der Waals surface area contributed by atoms with Crippen LogP contribution in [0.2, 0.25) is 0 Å². The Hall–Kier alpha value is -1.53. The molecule has 6 heteroatoms. The summed E-state index contributed by atoms with van der Waals surface area (Å²) >= 11 is 1.95. The smallest absolute Gasteiger partial charge is 0.150 e. The molecular weight excluding hydrogens is 320 g/mol. The van der Waals surface area contributed by atoms with Gasteiger partial charge in [0.15, 0.2) is 5.82 Å². The summed E-state index contributed by atoms with van der Waals surface area (Å²) in [5, 5.41) is 8.50. The highest BCUT2D eigenvalue weighted by atomic mass is 32.2. The fourth-order valence-electron chi connectivity index (χ4n) is 3.60. The Morgan fingerprint density at radius 3 is 3.12 bits per heavy atom. The monoisotopic (exact) mass is 344 g/mol. The minimum atomic E-state index is 0.400. The Kier molecular flexibility index (Phi) is 4.50. The van der Waals surface area contributed by atoms with Crippen LogP contribution in [-0.4, -0.2) is 33.7 Å². The molecule has 2 aliphatic rings. The zero-order valence-electron chi connectivity index (χ0n) is 14.3. The van der Waals surface area contributed by atoms with Crippen molar-refractivity contribution in [3.8, 4) is 5.75 Å². The van der Waals surface area contributed by atoms with Gasteiger partial charge in [0, 0.05) is 29.8 Å². The summed E-state index contributed by atoms with van der Waals surface area (Å²) in [5.74, 6) is 4.22. The Morgan fingerprint density at radius 2 is 2.29 bits per heavy atom. The summed E-state index contributed by atoms with van der Waals surface area (Å²) in [7, 11) is 1.73. The number of nitrogens with zero attached hydrogens (tertiary/aromatic N) is 3. The summed E-state index contributed by atoms with van der Waals surface area (Å²) < 4.78 is 7.52. The van der Waals surface area contributed by atoms with Crippen LogP contribution in [0.4, 0.5) is 0 Å². The molecule has 1 N–H and O–H groups in total. The van der Waals surface area contributed by atoms with Gasteiger partial charge >= 0.3 is 0 Å². The van der Waals surface area contributed by atoms with Gasteiger partial charge in [0.05, 0.1) is 13.7 Å². The number of aryl methyl sites for hydroxylation is 2. The van der Waals surface area contributed by atoms with E-state index < -0.39 is 0 Å². The van der Waals surface area contributed by atoms with Crippen LogP contribution in [0.15, 0.2) is 23.1 Å². The van der Waals surface area contributed by atoms with E-state index in [1.165, 1.54) is 10.5 Å². The minimum absolute atomic E-state index is 0.400. The summed E-state index contributed by atoms with van der Waals surface area (Å²) in [5.41, 5.74) is 1.38. The van der Waals surface area contributed by atoms with Crippen LogP contribution in [0.5, 0.6) is 5.75 Å². The number of fused-ring (bicyclic) bond motifs is 2. The maximum Gasteiger partial charge on any atom is 0.150 e. The molecule has 0 aliphatic carbocycles. The van der Waals surface area contributed by atoms with Crippen LogP contribution in [0.3, 0.4) is 0 Å². The largest absolute Gasteiger partial charge is 0.497 e. The summed E-state index contributed by atoms with van der Waals surface area (Å²) in [6.07, 6.45) is 4.21. The maximum atomic E-state index is 5.42. The molecule has 2 atom stereocenters. The first-order chi connectivity index (χ1) is 11.8. The van der Waals surface area contributed by atoms with Gasteiger partial charge in [-0.2, -0.15) is 5.10 Å². The summed E-state index contributed by atoms with van der Waals surface area (Å²) in [6.45, 7) is 3.03. The van der Waals surface area contributed by atoms with E-state index in [9.17, 15) is 0 Å². The quantitative estimate of drug-likeness (QED) is 0.924. The first-order valence-electron chi connectivity index (χ1n) is 8.76. The van der Waals surface area contributed by atoms with Gasteiger partial charge in [-0.15, -0.1) is 11.8 Å². The minimum Gasteiger partial charge on any atom is -0.497 e. The number of ether oxygens (including phenoxy) is 1. The molecule has 0 saturated carbocycles. The van der Waals surface area contributed by atoms with E-state index in [0.29, 0.717) is 12.1 Å². The third-order valence-electron chi connectivity index (χ3n) is 4.91. The standard InChI is InChI=1S/C18H24N4OS/c1-3-17-20-18-7-4-12(11-22(18)21-17)19-15-8-9-24-16-6-5-13(23-2)10-14(15)16/h5-6,10,12,15,19H,3-4,7-9,11H2,1-2H3. The molecule has 0 saturated heterocycles. The fraction of sp³-hybridized carbons (Fsp3) is 0.556. The van der Waals surface area contributed by atoms with Crippen molar-refractivity contribution in [1.82, 2.24) is 20.1 Å². The van der Waals surface area contributed by atoms with E-state index in [1.807, 2.05) is 11.8 Å². The van der Waals surface area contributed by atoms with Crippen LogP contribution in [-0.2, 0) is 19.4 Å². The molecule has 128 valence electrons. The molecule has 2 unspecified atom stereocenters. The molecule has 2 aliphatic heterocycles. The van der Waals surface area contributed by atoms with Crippen LogP contribution < -0.4 is 10.1 Å². The maximum absolute atomic E-state index is 5.42. The molecule has 0 bridgehead atoms. The highest BCUT2D eigenvalue weighted by molar-refractivity contribution is 7.99. The van der Waals surface area contributed by atoms with E-state index >= 15 is 0 Å². The number of nitrogens with one attached hydrogen (secondary N) is 1. The molecule has 1 aromatic heterocycles. The van der Waals surface area contributed by atoms with Crippen molar-refractivity contribution in [3.63, 3.8) is 0 Å². The zero-order valence-corrected chi connectivity index (χ0v) is 15.1. The highest BCUT2D eigenvalue weighted by Crippen LogP contribution is 2.38. The molecule has 1 aromatic carbocycles. The van der Waals surface area contributed by atoms with Gasteiger partial charge in [0.2, 0.25) is 0 Å². The second kappa shape index (κ2) is 6.76.